The van der Waals surface area contributed by atoms with Crippen LogP contribution in [0.25, 0.3) is 0 Å². The van der Waals surface area contributed by atoms with Crippen molar-refractivity contribution < 1.29 is 0 Å². The number of nitrogens with zero attached hydrogens (tertiary/aromatic N) is 1. The van der Waals surface area contributed by atoms with Gasteiger partial charge in [-0.05, 0) is 69.0 Å². The Morgan fingerprint density at radius 1 is 1.19 bits per heavy atom. The van der Waals surface area contributed by atoms with Crippen molar-refractivity contribution >= 4 is 23.2 Å². The third-order valence-corrected chi connectivity index (χ3v) is 5.70. The lowest BCUT2D eigenvalue weighted by Crippen LogP contribution is -2.59. The smallest absolute Gasteiger partial charge is 0.0439 e. The molecule has 1 aliphatic heterocycles. The molecule has 118 valence electrons. The number of hydrogen-bond donors (Lipinski definition) is 1. The fourth-order valence-electron chi connectivity index (χ4n) is 3.75. The first-order valence-corrected chi connectivity index (χ1v) is 8.73. The fraction of sp³-hybridized carbons (Fsp3) is 0.647. The quantitative estimate of drug-likeness (QED) is 0.831. The summed E-state index contributed by atoms with van der Waals surface area (Å²) in [4.78, 5) is 2.59. The number of halogens is 2. The second kappa shape index (κ2) is 7.32. The molecule has 2 N–H and O–H groups in total. The zero-order chi connectivity index (χ0) is 15.5. The first-order chi connectivity index (χ1) is 10.0. The van der Waals surface area contributed by atoms with E-state index in [-0.39, 0.29) is 11.6 Å². The molecule has 1 saturated heterocycles. The highest BCUT2D eigenvalue weighted by molar-refractivity contribution is 6.33. The monoisotopic (exact) mass is 328 g/mol. The van der Waals surface area contributed by atoms with E-state index in [4.69, 9.17) is 28.9 Å². The maximum Gasteiger partial charge on any atom is 0.0439 e. The normalized spacial score (nSPS) is 18.1. The second-order valence-corrected chi connectivity index (χ2v) is 6.89. The summed E-state index contributed by atoms with van der Waals surface area (Å²) in [6.07, 6.45) is 5.49. The van der Waals surface area contributed by atoms with Gasteiger partial charge in [0.15, 0.2) is 0 Å². The summed E-state index contributed by atoms with van der Waals surface area (Å²) in [7, 11) is 0. The molecule has 2 rings (SSSR count). The van der Waals surface area contributed by atoms with Gasteiger partial charge >= 0.3 is 0 Å². The standard InChI is InChI=1S/C17H26Cl2N2/c1-3-17(4-2,21-9-5-6-10-21)16(20)12-13-11-14(18)7-8-15(13)19/h7-8,11,16H,3-6,9-10,12,20H2,1-2H3. The molecule has 1 aliphatic rings. The highest BCUT2D eigenvalue weighted by Crippen LogP contribution is 2.33. The highest BCUT2D eigenvalue weighted by Gasteiger charge is 2.40. The van der Waals surface area contributed by atoms with E-state index in [9.17, 15) is 0 Å². The molecule has 1 heterocycles. The third kappa shape index (κ3) is 3.56. The molecule has 0 saturated carbocycles. The van der Waals surface area contributed by atoms with Crippen molar-refractivity contribution in [3.05, 3.63) is 33.8 Å². The van der Waals surface area contributed by atoms with E-state index in [1.807, 2.05) is 18.2 Å². The van der Waals surface area contributed by atoms with Crippen molar-refractivity contribution in [1.29, 1.82) is 0 Å². The SMILES string of the molecule is CCC(CC)(C(N)Cc1cc(Cl)ccc1Cl)N1CCCC1. The van der Waals surface area contributed by atoms with Gasteiger partial charge in [0.25, 0.3) is 0 Å². The molecule has 0 aliphatic carbocycles. The fourth-order valence-corrected chi connectivity index (χ4v) is 4.13. The van der Waals surface area contributed by atoms with Crippen molar-refractivity contribution in [2.45, 2.75) is 57.5 Å². The molecular weight excluding hydrogens is 303 g/mol. The Balaban J connectivity index is 2.22. The molecular formula is C17H26Cl2N2. The van der Waals surface area contributed by atoms with Crippen LogP contribution in [0.5, 0.6) is 0 Å². The summed E-state index contributed by atoms with van der Waals surface area (Å²) in [6.45, 7) is 6.83. The van der Waals surface area contributed by atoms with Gasteiger partial charge in [0, 0.05) is 21.6 Å². The van der Waals surface area contributed by atoms with Gasteiger partial charge in [-0.1, -0.05) is 37.0 Å². The maximum absolute atomic E-state index is 6.66. The third-order valence-electron chi connectivity index (χ3n) is 5.10. The Kier molecular flexibility index (Phi) is 5.96. The van der Waals surface area contributed by atoms with Crippen LogP contribution in [0.15, 0.2) is 18.2 Å². The Morgan fingerprint density at radius 2 is 1.81 bits per heavy atom. The summed E-state index contributed by atoms with van der Waals surface area (Å²) in [5, 5.41) is 1.48. The van der Waals surface area contributed by atoms with E-state index in [1.165, 1.54) is 25.9 Å². The molecule has 0 amide bonds. The van der Waals surface area contributed by atoms with E-state index in [0.29, 0.717) is 0 Å². The van der Waals surface area contributed by atoms with E-state index in [2.05, 4.69) is 18.7 Å². The molecule has 0 aromatic heterocycles. The molecule has 0 bridgehead atoms. The molecule has 1 aromatic rings. The minimum atomic E-state index is 0.0709. The van der Waals surface area contributed by atoms with E-state index in [0.717, 1.165) is 34.9 Å². The first kappa shape index (κ1) is 17.1. The minimum absolute atomic E-state index is 0.0709. The van der Waals surface area contributed by atoms with E-state index >= 15 is 0 Å². The van der Waals surface area contributed by atoms with Crippen LogP contribution in [0.3, 0.4) is 0 Å². The van der Waals surface area contributed by atoms with Crippen molar-refractivity contribution in [3.8, 4) is 0 Å². The van der Waals surface area contributed by atoms with Crippen LogP contribution < -0.4 is 5.73 Å². The van der Waals surface area contributed by atoms with Crippen LogP contribution >= 0.6 is 23.2 Å². The number of hydrogen-bond acceptors (Lipinski definition) is 2. The topological polar surface area (TPSA) is 29.3 Å². The zero-order valence-corrected chi connectivity index (χ0v) is 14.6. The number of benzene rings is 1. The van der Waals surface area contributed by atoms with Crippen LogP contribution in [0.1, 0.15) is 45.1 Å². The maximum atomic E-state index is 6.66. The van der Waals surface area contributed by atoms with E-state index < -0.39 is 0 Å². The van der Waals surface area contributed by atoms with Gasteiger partial charge < -0.3 is 5.73 Å². The summed E-state index contributed by atoms with van der Waals surface area (Å²) in [5.41, 5.74) is 7.79. The molecule has 1 fully saturated rings. The van der Waals surface area contributed by atoms with Crippen LogP contribution in [-0.4, -0.2) is 29.6 Å². The van der Waals surface area contributed by atoms with Gasteiger partial charge in [-0.25, -0.2) is 0 Å². The summed E-state index contributed by atoms with van der Waals surface area (Å²) in [6, 6.07) is 5.71. The molecule has 4 heteroatoms. The van der Waals surface area contributed by atoms with Crippen LogP contribution in [0, 0.1) is 0 Å². The number of rotatable bonds is 6. The highest BCUT2D eigenvalue weighted by atomic mass is 35.5. The van der Waals surface area contributed by atoms with E-state index in [1.54, 1.807) is 0 Å². The van der Waals surface area contributed by atoms with Gasteiger partial charge in [0.1, 0.15) is 0 Å². The average Bonchev–Trinajstić information content (AvgIpc) is 2.99. The Labute approximate surface area is 138 Å². The van der Waals surface area contributed by atoms with Crippen LogP contribution in [-0.2, 0) is 6.42 Å². The lowest BCUT2D eigenvalue weighted by molar-refractivity contribution is 0.0768. The Hall–Kier alpha value is -0.280. The zero-order valence-electron chi connectivity index (χ0n) is 13.0. The van der Waals surface area contributed by atoms with Crippen molar-refractivity contribution in [1.82, 2.24) is 4.90 Å². The summed E-state index contributed by atoms with van der Waals surface area (Å²) < 4.78 is 0. The molecule has 1 atom stereocenters. The molecule has 0 radical (unpaired) electrons. The predicted molar refractivity (Wildman–Crippen MR) is 92.3 cm³/mol. The van der Waals surface area contributed by atoms with Gasteiger partial charge in [0.05, 0.1) is 0 Å². The molecule has 1 unspecified atom stereocenters. The van der Waals surface area contributed by atoms with Crippen molar-refractivity contribution in [2.24, 2.45) is 5.73 Å². The van der Waals surface area contributed by atoms with Gasteiger partial charge in [-0.3, -0.25) is 4.90 Å². The lowest BCUT2D eigenvalue weighted by atomic mass is 9.80. The molecule has 2 nitrogen and oxygen atoms in total. The average molecular weight is 329 g/mol. The predicted octanol–water partition coefficient (Wildman–Crippen LogP) is 4.52. The van der Waals surface area contributed by atoms with Gasteiger partial charge in [0.2, 0.25) is 0 Å². The van der Waals surface area contributed by atoms with Crippen LogP contribution in [0.4, 0.5) is 0 Å². The minimum Gasteiger partial charge on any atom is -0.326 e. The van der Waals surface area contributed by atoms with Gasteiger partial charge in [-0.2, -0.15) is 0 Å². The molecule has 1 aromatic carbocycles. The summed E-state index contributed by atoms with van der Waals surface area (Å²) in [5.74, 6) is 0. The number of likely N-dealkylation sites (tertiary alicyclic amines) is 1. The van der Waals surface area contributed by atoms with Crippen molar-refractivity contribution in [2.75, 3.05) is 13.1 Å². The molecule has 0 spiro atoms. The largest absolute Gasteiger partial charge is 0.326 e. The Bertz CT molecular complexity index is 466. The first-order valence-electron chi connectivity index (χ1n) is 7.98. The summed E-state index contributed by atoms with van der Waals surface area (Å²) >= 11 is 12.4. The number of nitrogens with two attached hydrogens (primary N) is 1. The van der Waals surface area contributed by atoms with Gasteiger partial charge in [-0.15, -0.1) is 0 Å². The lowest BCUT2D eigenvalue weighted by Gasteiger charge is -2.45. The Morgan fingerprint density at radius 3 is 2.38 bits per heavy atom. The van der Waals surface area contributed by atoms with Crippen molar-refractivity contribution in [3.63, 3.8) is 0 Å². The second-order valence-electron chi connectivity index (χ2n) is 6.05. The van der Waals surface area contributed by atoms with Crippen LogP contribution in [0.2, 0.25) is 10.0 Å². The molecule has 21 heavy (non-hydrogen) atoms.